The van der Waals surface area contributed by atoms with Gasteiger partial charge in [0, 0.05) is 17.5 Å². The Balaban J connectivity index is 2.20. The average molecular weight is 302 g/mol. The van der Waals surface area contributed by atoms with Crippen LogP contribution in [0.2, 0.25) is 0 Å². The molecule has 4 heteroatoms. The Bertz CT molecular complexity index is 564. The third kappa shape index (κ3) is 3.87. The molecule has 1 aromatic rings. The van der Waals surface area contributed by atoms with Gasteiger partial charge in [-0.15, -0.1) is 0 Å². The fourth-order valence-corrected chi connectivity index (χ4v) is 2.65. The van der Waals surface area contributed by atoms with Crippen LogP contribution in [0.25, 0.3) is 0 Å². The number of benzene rings is 1. The number of anilines is 1. The topological polar surface area (TPSA) is 58.2 Å². The Kier molecular flexibility index (Phi) is 5.22. The third-order valence-corrected chi connectivity index (χ3v) is 4.09. The monoisotopic (exact) mass is 302 g/mol. The van der Waals surface area contributed by atoms with Crippen molar-refractivity contribution in [2.75, 3.05) is 5.32 Å². The van der Waals surface area contributed by atoms with Gasteiger partial charge < -0.3 is 10.6 Å². The van der Waals surface area contributed by atoms with E-state index in [-0.39, 0.29) is 29.7 Å². The Morgan fingerprint density at radius 3 is 2.41 bits per heavy atom. The summed E-state index contributed by atoms with van der Waals surface area (Å²) in [5, 5.41) is 6.06. The molecule has 4 nitrogen and oxygen atoms in total. The number of hydrogen-bond acceptors (Lipinski definition) is 2. The highest BCUT2D eigenvalue weighted by Crippen LogP contribution is 2.32. The zero-order chi connectivity index (χ0) is 16.3. The molecule has 0 saturated carbocycles. The molecule has 1 aliphatic rings. The van der Waals surface area contributed by atoms with Gasteiger partial charge in [-0.3, -0.25) is 9.59 Å². The number of nitrogens with one attached hydrogen (secondary N) is 2. The highest BCUT2D eigenvalue weighted by Gasteiger charge is 2.23. The van der Waals surface area contributed by atoms with Crippen molar-refractivity contribution in [2.24, 2.45) is 11.8 Å². The molecule has 0 bridgehead atoms. The molecule has 0 spiro atoms. The Morgan fingerprint density at radius 1 is 1.09 bits per heavy atom. The molecule has 1 atom stereocenters. The summed E-state index contributed by atoms with van der Waals surface area (Å²) in [7, 11) is 0. The maximum atomic E-state index is 12.0. The summed E-state index contributed by atoms with van der Waals surface area (Å²) in [6, 6.07) is 6.08. The number of fused-ring (bicyclic) bond motifs is 1. The van der Waals surface area contributed by atoms with Gasteiger partial charge in [-0.05, 0) is 42.5 Å². The van der Waals surface area contributed by atoms with Crippen molar-refractivity contribution in [1.29, 1.82) is 0 Å². The molecule has 0 aromatic heterocycles. The molecule has 0 radical (unpaired) electrons. The first kappa shape index (κ1) is 16.5. The van der Waals surface area contributed by atoms with E-state index in [1.807, 2.05) is 39.8 Å². The Morgan fingerprint density at radius 2 is 1.77 bits per heavy atom. The van der Waals surface area contributed by atoms with Crippen LogP contribution in [-0.2, 0) is 16.0 Å². The van der Waals surface area contributed by atoms with E-state index >= 15 is 0 Å². The standard InChI is InChI=1S/C18H26N2O2/c1-11(2)17(21)19-14-9-8-13-6-5-7-16(15(13)10-14)20-18(22)12(3)4/h8-12,16H,5-7H2,1-4H3,(H,19,21)(H,20,22). The van der Waals surface area contributed by atoms with Crippen LogP contribution < -0.4 is 10.6 Å². The maximum absolute atomic E-state index is 12.0. The first-order valence-electron chi connectivity index (χ1n) is 8.12. The smallest absolute Gasteiger partial charge is 0.226 e. The molecular formula is C18H26N2O2. The van der Waals surface area contributed by atoms with Crippen molar-refractivity contribution >= 4 is 17.5 Å². The highest BCUT2D eigenvalue weighted by molar-refractivity contribution is 5.92. The van der Waals surface area contributed by atoms with Gasteiger partial charge in [0.1, 0.15) is 0 Å². The van der Waals surface area contributed by atoms with Gasteiger partial charge in [-0.1, -0.05) is 33.8 Å². The van der Waals surface area contributed by atoms with Gasteiger partial charge in [-0.2, -0.15) is 0 Å². The number of rotatable bonds is 4. The summed E-state index contributed by atoms with van der Waals surface area (Å²) in [5.74, 6) is 0.0228. The number of carbonyl (C=O) groups is 2. The molecule has 2 amide bonds. The lowest BCUT2D eigenvalue weighted by Crippen LogP contribution is -2.33. The number of carbonyl (C=O) groups excluding carboxylic acids is 2. The first-order valence-corrected chi connectivity index (χ1v) is 8.12. The quantitative estimate of drug-likeness (QED) is 0.895. The van der Waals surface area contributed by atoms with Crippen LogP contribution in [0.4, 0.5) is 5.69 Å². The molecular weight excluding hydrogens is 276 g/mol. The van der Waals surface area contributed by atoms with Crippen molar-refractivity contribution in [1.82, 2.24) is 5.32 Å². The summed E-state index contributed by atoms with van der Waals surface area (Å²) in [6.07, 6.45) is 3.06. The van der Waals surface area contributed by atoms with E-state index in [0.717, 1.165) is 30.5 Å². The van der Waals surface area contributed by atoms with E-state index in [0.29, 0.717) is 0 Å². The lowest BCUT2D eigenvalue weighted by atomic mass is 9.87. The minimum absolute atomic E-state index is 0.0125. The van der Waals surface area contributed by atoms with Crippen LogP contribution in [0, 0.1) is 11.8 Å². The van der Waals surface area contributed by atoms with E-state index in [1.54, 1.807) is 0 Å². The second kappa shape index (κ2) is 6.95. The summed E-state index contributed by atoms with van der Waals surface area (Å²) < 4.78 is 0. The average Bonchev–Trinajstić information content (AvgIpc) is 2.47. The largest absolute Gasteiger partial charge is 0.349 e. The SMILES string of the molecule is CC(C)C(=O)Nc1ccc2c(c1)C(NC(=O)C(C)C)CCC2. The van der Waals surface area contributed by atoms with Crippen molar-refractivity contribution < 1.29 is 9.59 Å². The third-order valence-electron chi connectivity index (χ3n) is 4.09. The van der Waals surface area contributed by atoms with Crippen LogP contribution >= 0.6 is 0 Å². The Hall–Kier alpha value is -1.84. The van der Waals surface area contributed by atoms with Crippen LogP contribution in [0.5, 0.6) is 0 Å². The predicted molar refractivity (Wildman–Crippen MR) is 88.6 cm³/mol. The second-order valence-electron chi connectivity index (χ2n) is 6.67. The molecule has 0 aliphatic heterocycles. The normalized spacial score (nSPS) is 17.3. The first-order chi connectivity index (χ1) is 10.4. The number of aryl methyl sites for hydroxylation is 1. The number of amides is 2. The minimum atomic E-state index is -0.0486. The van der Waals surface area contributed by atoms with Gasteiger partial charge in [0.05, 0.1) is 6.04 Å². The summed E-state index contributed by atoms with van der Waals surface area (Å²) in [5.41, 5.74) is 3.22. The summed E-state index contributed by atoms with van der Waals surface area (Å²) in [6.45, 7) is 7.55. The van der Waals surface area contributed by atoms with Gasteiger partial charge in [-0.25, -0.2) is 0 Å². The van der Waals surface area contributed by atoms with Gasteiger partial charge in [0.2, 0.25) is 11.8 Å². The van der Waals surface area contributed by atoms with E-state index in [2.05, 4.69) is 16.7 Å². The van der Waals surface area contributed by atoms with Crippen molar-refractivity contribution in [3.63, 3.8) is 0 Å². The molecule has 0 saturated heterocycles. The molecule has 0 fully saturated rings. The molecule has 22 heavy (non-hydrogen) atoms. The van der Waals surface area contributed by atoms with E-state index < -0.39 is 0 Å². The molecule has 2 rings (SSSR count). The lowest BCUT2D eigenvalue weighted by Gasteiger charge is -2.28. The van der Waals surface area contributed by atoms with Gasteiger partial charge >= 0.3 is 0 Å². The van der Waals surface area contributed by atoms with Gasteiger partial charge in [0.15, 0.2) is 0 Å². The molecule has 1 aliphatic carbocycles. The van der Waals surface area contributed by atoms with Crippen LogP contribution in [0.15, 0.2) is 18.2 Å². The molecule has 120 valence electrons. The zero-order valence-electron chi connectivity index (χ0n) is 13.9. The molecule has 1 unspecified atom stereocenters. The summed E-state index contributed by atoms with van der Waals surface area (Å²) >= 11 is 0. The maximum Gasteiger partial charge on any atom is 0.226 e. The van der Waals surface area contributed by atoms with Crippen LogP contribution in [0.1, 0.15) is 57.7 Å². The van der Waals surface area contributed by atoms with Crippen molar-refractivity contribution in [2.45, 2.75) is 53.0 Å². The Labute approximate surface area is 132 Å². The second-order valence-corrected chi connectivity index (χ2v) is 6.67. The lowest BCUT2D eigenvalue weighted by molar-refractivity contribution is -0.125. The van der Waals surface area contributed by atoms with Crippen molar-refractivity contribution in [3.05, 3.63) is 29.3 Å². The van der Waals surface area contributed by atoms with E-state index in [9.17, 15) is 9.59 Å². The molecule has 1 aromatic carbocycles. The van der Waals surface area contributed by atoms with Gasteiger partial charge in [0.25, 0.3) is 0 Å². The summed E-state index contributed by atoms with van der Waals surface area (Å²) in [4.78, 5) is 23.8. The predicted octanol–water partition coefficient (Wildman–Crippen LogP) is 3.43. The minimum Gasteiger partial charge on any atom is -0.349 e. The fourth-order valence-electron chi connectivity index (χ4n) is 2.65. The molecule has 2 N–H and O–H groups in total. The van der Waals surface area contributed by atoms with E-state index in [1.165, 1.54) is 5.56 Å². The number of hydrogen-bond donors (Lipinski definition) is 2. The van der Waals surface area contributed by atoms with Crippen LogP contribution in [0.3, 0.4) is 0 Å². The highest BCUT2D eigenvalue weighted by atomic mass is 16.2. The van der Waals surface area contributed by atoms with E-state index in [4.69, 9.17) is 0 Å². The fraction of sp³-hybridized carbons (Fsp3) is 0.556. The zero-order valence-corrected chi connectivity index (χ0v) is 13.9. The van der Waals surface area contributed by atoms with Crippen molar-refractivity contribution in [3.8, 4) is 0 Å². The van der Waals surface area contributed by atoms with Crippen LogP contribution in [-0.4, -0.2) is 11.8 Å². The molecule has 0 heterocycles.